The van der Waals surface area contributed by atoms with Crippen molar-refractivity contribution in [1.82, 2.24) is 4.98 Å². The van der Waals surface area contributed by atoms with Crippen molar-refractivity contribution in [2.24, 2.45) is 0 Å². The average molecular weight is 384 g/mol. The molecule has 0 aliphatic carbocycles. The Morgan fingerprint density at radius 3 is 2.93 bits per heavy atom. The second kappa shape index (κ2) is 6.49. The van der Waals surface area contributed by atoms with Gasteiger partial charge in [0.2, 0.25) is 5.91 Å². The highest BCUT2D eigenvalue weighted by molar-refractivity contribution is 7.13. The number of rotatable bonds is 3. The monoisotopic (exact) mass is 384 g/mol. The van der Waals surface area contributed by atoms with E-state index >= 15 is 0 Å². The van der Waals surface area contributed by atoms with E-state index in [0.29, 0.717) is 16.3 Å². The first-order valence-corrected chi connectivity index (χ1v) is 9.68. The Kier molecular flexibility index (Phi) is 4.26. The predicted octanol–water partition coefficient (Wildman–Crippen LogP) is 3.84. The highest BCUT2D eigenvalue weighted by atomic mass is 32.1. The molecule has 1 aliphatic heterocycles. The number of benzene rings is 1. The van der Waals surface area contributed by atoms with Gasteiger partial charge in [-0.3, -0.25) is 4.79 Å². The lowest BCUT2D eigenvalue weighted by molar-refractivity contribution is -0.115. The first-order valence-electron chi connectivity index (χ1n) is 8.80. The molecular formula is C20H20N2O4S. The maximum atomic E-state index is 12.5. The minimum Gasteiger partial charge on any atom is -0.487 e. The summed E-state index contributed by atoms with van der Waals surface area (Å²) >= 11 is 1.33. The molecule has 0 bridgehead atoms. The fourth-order valence-corrected chi connectivity index (χ4v) is 3.89. The van der Waals surface area contributed by atoms with E-state index in [1.54, 1.807) is 17.6 Å². The molecule has 0 spiro atoms. The van der Waals surface area contributed by atoms with E-state index in [4.69, 9.17) is 9.15 Å². The van der Waals surface area contributed by atoms with Crippen LogP contribution in [-0.4, -0.2) is 16.5 Å². The number of nitrogens with one attached hydrogen (secondary N) is 1. The van der Waals surface area contributed by atoms with Crippen molar-refractivity contribution in [2.75, 3.05) is 5.32 Å². The number of hydrogen-bond donors (Lipinski definition) is 1. The third-order valence-corrected chi connectivity index (χ3v) is 5.56. The number of ether oxygens (including phenoxy) is 1. The minimum absolute atomic E-state index is 0.0513. The highest BCUT2D eigenvalue weighted by Crippen LogP contribution is 2.36. The minimum atomic E-state index is -0.496. The number of aromatic nitrogens is 1. The zero-order chi connectivity index (χ0) is 19.2. The van der Waals surface area contributed by atoms with Crippen LogP contribution in [0.5, 0.6) is 5.75 Å². The number of hydrogen-bond acceptors (Lipinski definition) is 6. The number of amides is 1. The van der Waals surface area contributed by atoms with Crippen LogP contribution in [-0.2, 0) is 17.6 Å². The molecule has 7 heteroatoms. The molecule has 0 radical (unpaired) electrons. The van der Waals surface area contributed by atoms with Crippen molar-refractivity contribution in [3.05, 3.63) is 50.8 Å². The van der Waals surface area contributed by atoms with Crippen LogP contribution in [0.4, 0.5) is 5.13 Å². The number of aryl methyl sites for hydroxylation is 2. The fourth-order valence-electron chi connectivity index (χ4n) is 3.35. The molecule has 6 nitrogen and oxygen atoms in total. The third kappa shape index (κ3) is 3.47. The topological polar surface area (TPSA) is 81.4 Å². The fraction of sp³-hybridized carbons (Fsp3) is 0.350. The van der Waals surface area contributed by atoms with Crippen LogP contribution >= 0.6 is 11.3 Å². The zero-order valence-corrected chi connectivity index (χ0v) is 16.2. The standard InChI is InChI=1S/C20H20N2O4S/c1-11-13-8-12-4-5-20(2,3)26-15(12)10-16(13)25-18(24)14(11)9-17(23)22-19-21-6-7-27-19/h6-8,10H,4-5,9H2,1-3H3,(H,21,22,23). The van der Waals surface area contributed by atoms with Crippen molar-refractivity contribution in [3.8, 4) is 5.75 Å². The van der Waals surface area contributed by atoms with Crippen molar-refractivity contribution in [2.45, 2.75) is 45.6 Å². The molecule has 0 atom stereocenters. The lowest BCUT2D eigenvalue weighted by Gasteiger charge is -2.32. The Balaban J connectivity index is 1.70. The molecular weight excluding hydrogens is 364 g/mol. The van der Waals surface area contributed by atoms with E-state index in [-0.39, 0.29) is 17.9 Å². The Labute approximate surface area is 160 Å². The lowest BCUT2D eigenvalue weighted by Crippen LogP contribution is -2.32. The summed E-state index contributed by atoms with van der Waals surface area (Å²) in [4.78, 5) is 28.8. The molecule has 0 saturated heterocycles. The Morgan fingerprint density at radius 2 is 2.19 bits per heavy atom. The van der Waals surface area contributed by atoms with E-state index in [9.17, 15) is 9.59 Å². The van der Waals surface area contributed by atoms with Crippen LogP contribution in [0.25, 0.3) is 11.0 Å². The van der Waals surface area contributed by atoms with Crippen LogP contribution in [0.3, 0.4) is 0 Å². The molecule has 2 aromatic heterocycles. The summed E-state index contributed by atoms with van der Waals surface area (Å²) in [6.07, 6.45) is 3.38. The van der Waals surface area contributed by atoms with Gasteiger partial charge in [0.25, 0.3) is 0 Å². The Hall–Kier alpha value is -2.67. The molecule has 3 aromatic rings. The van der Waals surface area contributed by atoms with Crippen LogP contribution < -0.4 is 15.7 Å². The summed E-state index contributed by atoms with van der Waals surface area (Å²) in [6, 6.07) is 3.81. The summed E-state index contributed by atoms with van der Waals surface area (Å²) in [5.74, 6) is 0.471. The molecule has 1 N–H and O–H groups in total. The van der Waals surface area contributed by atoms with Gasteiger partial charge in [-0.15, -0.1) is 11.3 Å². The van der Waals surface area contributed by atoms with Gasteiger partial charge in [0.1, 0.15) is 16.9 Å². The normalized spacial score (nSPS) is 15.2. The maximum absolute atomic E-state index is 12.5. The van der Waals surface area contributed by atoms with Gasteiger partial charge < -0.3 is 14.5 Å². The summed E-state index contributed by atoms with van der Waals surface area (Å²) in [5, 5.41) is 5.83. The van der Waals surface area contributed by atoms with Gasteiger partial charge in [0.15, 0.2) is 5.13 Å². The van der Waals surface area contributed by atoms with E-state index in [0.717, 1.165) is 35.1 Å². The summed E-state index contributed by atoms with van der Waals surface area (Å²) in [5.41, 5.74) is 1.99. The molecule has 140 valence electrons. The van der Waals surface area contributed by atoms with Crippen molar-refractivity contribution < 1.29 is 13.9 Å². The molecule has 0 fully saturated rings. The molecule has 0 unspecified atom stereocenters. The second-order valence-electron chi connectivity index (χ2n) is 7.37. The number of nitrogens with zero attached hydrogens (tertiary/aromatic N) is 1. The highest BCUT2D eigenvalue weighted by Gasteiger charge is 2.27. The first kappa shape index (κ1) is 17.7. The number of fused-ring (bicyclic) bond motifs is 2. The number of thiazole rings is 1. The van der Waals surface area contributed by atoms with Crippen molar-refractivity contribution in [1.29, 1.82) is 0 Å². The summed E-state index contributed by atoms with van der Waals surface area (Å²) in [7, 11) is 0. The quantitative estimate of drug-likeness (QED) is 0.694. The smallest absolute Gasteiger partial charge is 0.340 e. The van der Waals surface area contributed by atoms with E-state index in [1.165, 1.54) is 11.3 Å². The molecule has 0 saturated carbocycles. The predicted molar refractivity (Wildman–Crippen MR) is 105 cm³/mol. The molecule has 1 aromatic carbocycles. The van der Waals surface area contributed by atoms with Crippen LogP contribution in [0.2, 0.25) is 0 Å². The Morgan fingerprint density at radius 1 is 1.37 bits per heavy atom. The van der Waals surface area contributed by atoms with Gasteiger partial charge in [-0.2, -0.15) is 0 Å². The lowest BCUT2D eigenvalue weighted by atomic mass is 9.92. The first-order chi connectivity index (χ1) is 12.8. The second-order valence-corrected chi connectivity index (χ2v) is 8.27. The van der Waals surface area contributed by atoms with Crippen molar-refractivity contribution >= 4 is 33.3 Å². The van der Waals surface area contributed by atoms with Gasteiger partial charge in [-0.05, 0) is 50.8 Å². The largest absolute Gasteiger partial charge is 0.487 e. The Bertz CT molecular complexity index is 1080. The van der Waals surface area contributed by atoms with Gasteiger partial charge in [-0.1, -0.05) is 0 Å². The summed E-state index contributed by atoms with van der Waals surface area (Å²) in [6.45, 7) is 5.95. The SMILES string of the molecule is Cc1c(CC(=O)Nc2nccs2)c(=O)oc2cc3c(cc12)CCC(C)(C)O3. The molecule has 4 rings (SSSR count). The van der Waals surface area contributed by atoms with Gasteiger partial charge in [0, 0.05) is 23.0 Å². The molecule has 27 heavy (non-hydrogen) atoms. The molecule has 3 heterocycles. The number of carbonyl (C=O) groups is 1. The average Bonchev–Trinajstić information content (AvgIpc) is 3.09. The zero-order valence-electron chi connectivity index (χ0n) is 15.4. The molecule has 1 aliphatic rings. The van der Waals surface area contributed by atoms with Gasteiger partial charge >= 0.3 is 5.63 Å². The van der Waals surface area contributed by atoms with Gasteiger partial charge in [0.05, 0.1) is 12.0 Å². The molecule has 1 amide bonds. The third-order valence-electron chi connectivity index (χ3n) is 4.87. The van der Waals surface area contributed by atoms with Gasteiger partial charge in [-0.25, -0.2) is 9.78 Å². The van der Waals surface area contributed by atoms with E-state index in [2.05, 4.69) is 10.3 Å². The number of carbonyl (C=O) groups excluding carboxylic acids is 1. The maximum Gasteiger partial charge on any atom is 0.340 e. The van der Waals surface area contributed by atoms with E-state index in [1.807, 2.05) is 26.8 Å². The summed E-state index contributed by atoms with van der Waals surface area (Å²) < 4.78 is 11.5. The van der Waals surface area contributed by atoms with Crippen LogP contribution in [0, 0.1) is 6.92 Å². The number of anilines is 1. The van der Waals surface area contributed by atoms with E-state index < -0.39 is 5.63 Å². The van der Waals surface area contributed by atoms with Crippen molar-refractivity contribution in [3.63, 3.8) is 0 Å². The van der Waals surface area contributed by atoms with Crippen LogP contribution in [0.15, 0.2) is 32.9 Å². The van der Waals surface area contributed by atoms with Crippen LogP contribution in [0.1, 0.15) is 37.0 Å².